The van der Waals surface area contributed by atoms with Crippen molar-refractivity contribution in [1.82, 2.24) is 0 Å². The van der Waals surface area contributed by atoms with E-state index >= 15 is 0 Å². The molecule has 6 atom stereocenters. The molecule has 0 saturated heterocycles. The number of benzene rings is 1. The van der Waals surface area contributed by atoms with E-state index < -0.39 is 30.4 Å². The summed E-state index contributed by atoms with van der Waals surface area (Å²) in [5.74, 6) is -0.788. The number of unbranched alkanes of at least 4 members (excludes halogenated alkanes) is 1. The molecular formula is C30H39ClO6S. The fourth-order valence-electron chi connectivity index (χ4n) is 4.81. The summed E-state index contributed by atoms with van der Waals surface area (Å²) in [4.78, 5) is 14.4. The van der Waals surface area contributed by atoms with Crippen molar-refractivity contribution in [3.8, 4) is 0 Å². The van der Waals surface area contributed by atoms with Gasteiger partial charge in [0.05, 0.1) is 35.5 Å². The van der Waals surface area contributed by atoms with Crippen molar-refractivity contribution < 1.29 is 30.0 Å². The number of aryl methyl sites for hydroxylation is 2. The molecular weight excluding hydrogens is 524 g/mol. The minimum absolute atomic E-state index is 0.125. The first-order valence-corrected chi connectivity index (χ1v) is 14.5. The van der Waals surface area contributed by atoms with Crippen LogP contribution in [0.2, 0.25) is 5.02 Å². The van der Waals surface area contributed by atoms with Gasteiger partial charge in [-0.3, -0.25) is 0 Å². The van der Waals surface area contributed by atoms with Gasteiger partial charge in [0.25, 0.3) is 0 Å². The van der Waals surface area contributed by atoms with E-state index in [4.69, 9.17) is 16.3 Å². The molecule has 0 bridgehead atoms. The van der Waals surface area contributed by atoms with E-state index in [0.29, 0.717) is 31.2 Å². The second kappa shape index (κ2) is 15.6. The smallest absolute Gasteiger partial charge is 0.338 e. The second-order valence-corrected chi connectivity index (χ2v) is 11.7. The topological polar surface area (TPSA) is 107 Å². The molecule has 0 aliphatic heterocycles. The average Bonchev–Trinajstić information content (AvgIpc) is 3.38. The van der Waals surface area contributed by atoms with Gasteiger partial charge in [-0.15, -0.1) is 11.3 Å². The van der Waals surface area contributed by atoms with Crippen molar-refractivity contribution in [2.45, 2.75) is 76.3 Å². The highest BCUT2D eigenvalue weighted by Gasteiger charge is 2.39. The Bertz CT molecular complexity index is 1030. The SMILES string of the molecule is Cc1sc(CC[C@H](O)C=C[C@@H]2[C@@H](CC=CCCCC(CO)OC(=O)c3ccccc3)[C@@H](O)C[C@H]2O)cc1Cl. The Hall–Kier alpha value is -2.00. The van der Waals surface area contributed by atoms with Crippen molar-refractivity contribution >= 4 is 28.9 Å². The molecule has 1 saturated carbocycles. The normalized spacial score (nSPS) is 23.3. The lowest BCUT2D eigenvalue weighted by Gasteiger charge is -2.19. The summed E-state index contributed by atoms with van der Waals surface area (Å²) >= 11 is 7.75. The first-order chi connectivity index (χ1) is 18.3. The second-order valence-electron chi connectivity index (χ2n) is 9.93. The molecule has 0 spiro atoms. The summed E-state index contributed by atoms with van der Waals surface area (Å²) in [6.45, 7) is 1.75. The molecule has 38 heavy (non-hydrogen) atoms. The standard InChI is InChI=1S/C30H39ClO6S/c1-20-27(31)17-24(38-20)15-13-22(33)14-16-26-25(28(34)18-29(26)35)12-8-3-2-7-11-23(19-32)37-30(36)21-9-5-4-6-10-21/h3-6,8-10,14,16-17,22-23,25-26,28-29,32-35H,2,7,11-13,15,18-19H2,1H3/t22-,23?,25+,26+,28-,29+/m0/s1. The van der Waals surface area contributed by atoms with Gasteiger partial charge in [-0.2, -0.15) is 0 Å². The van der Waals surface area contributed by atoms with E-state index in [2.05, 4.69) is 0 Å². The fourth-order valence-corrected chi connectivity index (χ4v) is 6.06. The molecule has 4 N–H and O–H groups in total. The van der Waals surface area contributed by atoms with Gasteiger partial charge in [0, 0.05) is 22.1 Å². The zero-order valence-corrected chi connectivity index (χ0v) is 23.4. The van der Waals surface area contributed by atoms with E-state index in [-0.39, 0.29) is 18.4 Å². The molecule has 1 aliphatic rings. The van der Waals surface area contributed by atoms with Gasteiger partial charge in [0.2, 0.25) is 0 Å². The molecule has 208 valence electrons. The monoisotopic (exact) mass is 562 g/mol. The summed E-state index contributed by atoms with van der Waals surface area (Å²) in [7, 11) is 0. The van der Waals surface area contributed by atoms with Crippen LogP contribution in [0.4, 0.5) is 0 Å². The molecule has 0 amide bonds. The number of aliphatic hydroxyl groups is 4. The largest absolute Gasteiger partial charge is 0.456 e. The zero-order valence-electron chi connectivity index (χ0n) is 21.8. The Kier molecular flexibility index (Phi) is 12.5. The van der Waals surface area contributed by atoms with Gasteiger partial charge in [0.1, 0.15) is 6.10 Å². The molecule has 3 rings (SSSR count). The quantitative estimate of drug-likeness (QED) is 0.142. The first kappa shape index (κ1) is 30.5. The van der Waals surface area contributed by atoms with E-state index in [1.165, 1.54) is 0 Å². The molecule has 0 radical (unpaired) electrons. The van der Waals surface area contributed by atoms with E-state index in [1.807, 2.05) is 37.3 Å². The number of aliphatic hydroxyl groups excluding tert-OH is 4. The van der Waals surface area contributed by atoms with Crippen LogP contribution in [0.25, 0.3) is 0 Å². The Morgan fingerprint density at radius 1 is 1.18 bits per heavy atom. The lowest BCUT2D eigenvalue weighted by atomic mass is 9.89. The van der Waals surface area contributed by atoms with Gasteiger partial charge in [0.15, 0.2) is 0 Å². The summed E-state index contributed by atoms with van der Waals surface area (Å²) in [6, 6.07) is 10.7. The number of carbonyl (C=O) groups excluding carboxylic acids is 1. The maximum absolute atomic E-state index is 12.2. The lowest BCUT2D eigenvalue weighted by Crippen LogP contribution is -2.22. The summed E-state index contributed by atoms with van der Waals surface area (Å²) in [5.41, 5.74) is 0.460. The van der Waals surface area contributed by atoms with Crippen LogP contribution < -0.4 is 0 Å². The third-order valence-electron chi connectivity index (χ3n) is 7.02. The number of carbonyl (C=O) groups is 1. The van der Waals surface area contributed by atoms with Crippen LogP contribution in [0.1, 0.15) is 58.6 Å². The van der Waals surface area contributed by atoms with Crippen molar-refractivity contribution in [3.05, 3.63) is 81.0 Å². The Balaban J connectivity index is 1.41. The summed E-state index contributed by atoms with van der Waals surface area (Å²) < 4.78 is 5.40. The van der Waals surface area contributed by atoms with Gasteiger partial charge >= 0.3 is 5.97 Å². The van der Waals surface area contributed by atoms with Crippen LogP contribution in [0.15, 0.2) is 60.7 Å². The van der Waals surface area contributed by atoms with Crippen LogP contribution >= 0.6 is 22.9 Å². The minimum Gasteiger partial charge on any atom is -0.456 e. The Morgan fingerprint density at radius 2 is 1.95 bits per heavy atom. The van der Waals surface area contributed by atoms with E-state index in [0.717, 1.165) is 34.0 Å². The number of halogens is 1. The molecule has 2 aromatic rings. The molecule has 1 fully saturated rings. The molecule has 8 heteroatoms. The fraction of sp³-hybridized carbons (Fsp3) is 0.500. The summed E-state index contributed by atoms with van der Waals surface area (Å²) in [5, 5.41) is 41.7. The van der Waals surface area contributed by atoms with Crippen molar-refractivity contribution in [2.24, 2.45) is 11.8 Å². The van der Waals surface area contributed by atoms with Crippen molar-refractivity contribution in [3.63, 3.8) is 0 Å². The van der Waals surface area contributed by atoms with Gasteiger partial charge in [-0.25, -0.2) is 4.79 Å². The predicted octanol–water partition coefficient (Wildman–Crippen LogP) is 5.25. The third-order valence-corrected chi connectivity index (χ3v) is 8.64. The van der Waals surface area contributed by atoms with Gasteiger partial charge < -0.3 is 25.2 Å². The summed E-state index contributed by atoms with van der Waals surface area (Å²) in [6.07, 6.45) is 9.45. The van der Waals surface area contributed by atoms with Gasteiger partial charge in [-0.1, -0.05) is 54.1 Å². The van der Waals surface area contributed by atoms with Crippen LogP contribution in [0, 0.1) is 18.8 Å². The number of rotatable bonds is 14. The van der Waals surface area contributed by atoms with E-state index in [9.17, 15) is 25.2 Å². The molecule has 1 aromatic carbocycles. The molecule has 1 unspecified atom stereocenters. The van der Waals surface area contributed by atoms with Crippen LogP contribution in [0.5, 0.6) is 0 Å². The van der Waals surface area contributed by atoms with Crippen molar-refractivity contribution in [2.75, 3.05) is 6.61 Å². The number of ether oxygens (including phenoxy) is 1. The molecule has 6 nitrogen and oxygen atoms in total. The molecule has 1 heterocycles. The predicted molar refractivity (Wildman–Crippen MR) is 151 cm³/mol. The Morgan fingerprint density at radius 3 is 2.63 bits per heavy atom. The highest BCUT2D eigenvalue weighted by molar-refractivity contribution is 7.12. The zero-order chi connectivity index (χ0) is 27.5. The number of thiophene rings is 1. The van der Waals surface area contributed by atoms with Crippen molar-refractivity contribution in [1.29, 1.82) is 0 Å². The molecule has 1 aliphatic carbocycles. The van der Waals surface area contributed by atoms with Crippen LogP contribution in [0.3, 0.4) is 0 Å². The molecule has 1 aromatic heterocycles. The Labute approximate surface area is 234 Å². The van der Waals surface area contributed by atoms with Crippen LogP contribution in [-0.4, -0.2) is 57.4 Å². The first-order valence-electron chi connectivity index (χ1n) is 13.3. The number of hydrogen-bond donors (Lipinski definition) is 4. The number of hydrogen-bond acceptors (Lipinski definition) is 7. The highest BCUT2D eigenvalue weighted by atomic mass is 35.5. The number of allylic oxidation sites excluding steroid dienone is 2. The van der Waals surface area contributed by atoms with Gasteiger partial charge in [-0.05, 0) is 69.6 Å². The maximum Gasteiger partial charge on any atom is 0.338 e. The lowest BCUT2D eigenvalue weighted by molar-refractivity contribution is 0.0110. The average molecular weight is 563 g/mol. The third kappa shape index (κ3) is 9.33. The maximum atomic E-state index is 12.2. The number of esters is 1. The minimum atomic E-state index is -0.643. The highest BCUT2D eigenvalue weighted by Crippen LogP contribution is 2.36. The van der Waals surface area contributed by atoms with E-state index in [1.54, 1.807) is 41.7 Å². The van der Waals surface area contributed by atoms with Crippen LogP contribution in [-0.2, 0) is 11.2 Å².